The Hall–Kier alpha value is -3.22. The van der Waals surface area contributed by atoms with Crippen LogP contribution in [-0.2, 0) is 9.53 Å². The number of fused-ring (bicyclic) bond motifs is 1. The number of H-pyrrole nitrogens is 1. The van der Waals surface area contributed by atoms with E-state index in [1.54, 1.807) is 12.4 Å². The first-order chi connectivity index (χ1) is 15.1. The third-order valence-corrected chi connectivity index (χ3v) is 5.87. The smallest absolute Gasteiger partial charge is 0.257 e. The van der Waals surface area contributed by atoms with Crippen LogP contribution in [0, 0.1) is 0 Å². The summed E-state index contributed by atoms with van der Waals surface area (Å²) in [4.78, 5) is 17.6. The molecule has 0 spiro atoms. The Bertz CT molecular complexity index is 1120. The van der Waals surface area contributed by atoms with Crippen LogP contribution in [0.15, 0.2) is 52.0 Å². The minimum atomic E-state index is -0.618. The normalized spacial score (nSPS) is 26.1. The van der Waals surface area contributed by atoms with Crippen molar-refractivity contribution in [1.29, 1.82) is 0 Å². The van der Waals surface area contributed by atoms with E-state index in [2.05, 4.69) is 52.7 Å². The molecule has 3 atom stereocenters. The molecule has 4 heterocycles. The van der Waals surface area contributed by atoms with E-state index in [0.29, 0.717) is 33.1 Å². The van der Waals surface area contributed by atoms with Crippen LogP contribution in [0.2, 0.25) is 5.02 Å². The summed E-state index contributed by atoms with van der Waals surface area (Å²) in [6, 6.07) is -0.516. The Morgan fingerprint density at radius 1 is 1.45 bits per heavy atom. The van der Waals surface area contributed by atoms with E-state index in [1.807, 2.05) is 12.2 Å². The van der Waals surface area contributed by atoms with Crippen LogP contribution in [0.1, 0.15) is 25.1 Å². The summed E-state index contributed by atoms with van der Waals surface area (Å²) in [6.07, 6.45) is 7.73. The van der Waals surface area contributed by atoms with Gasteiger partial charge in [-0.05, 0) is 19.4 Å². The molecule has 11 nitrogen and oxygen atoms in total. The Labute approximate surface area is 185 Å². The monoisotopic (exact) mass is 459 g/mol. The number of carbonyl (C=O) groups excluding carboxylic acids is 1. The van der Waals surface area contributed by atoms with Crippen molar-refractivity contribution in [2.75, 3.05) is 5.32 Å². The summed E-state index contributed by atoms with van der Waals surface area (Å²) < 4.78 is 5.87. The zero-order valence-corrected chi connectivity index (χ0v) is 17.8. The largest absolute Gasteiger partial charge is 0.458 e. The summed E-state index contributed by atoms with van der Waals surface area (Å²) in [6.45, 7) is 1.79. The molecule has 3 aliphatic rings. The van der Waals surface area contributed by atoms with E-state index in [-0.39, 0.29) is 11.9 Å². The van der Waals surface area contributed by atoms with Gasteiger partial charge in [0.25, 0.3) is 12.3 Å². The Kier molecular flexibility index (Phi) is 5.18. The molecule has 3 unspecified atom stereocenters. The fraction of sp³-hybridized carbons (Fsp3) is 0.278. The number of guanidine groups is 1. The van der Waals surface area contributed by atoms with Crippen molar-refractivity contribution in [3.8, 4) is 0 Å². The van der Waals surface area contributed by atoms with Gasteiger partial charge in [0.15, 0.2) is 0 Å². The maximum atomic E-state index is 13.0. The zero-order chi connectivity index (χ0) is 21.4. The number of halogens is 1. The van der Waals surface area contributed by atoms with E-state index in [1.165, 1.54) is 17.5 Å². The van der Waals surface area contributed by atoms with Crippen molar-refractivity contribution in [2.45, 2.75) is 31.8 Å². The quantitative estimate of drug-likeness (QED) is 0.463. The number of rotatable bonds is 4. The number of hydrogen-bond donors (Lipinski definition) is 5. The van der Waals surface area contributed by atoms with Crippen LogP contribution in [0.25, 0.3) is 0 Å². The number of ether oxygens (including phenoxy) is 1. The number of carbonyl (C=O) groups is 1. The van der Waals surface area contributed by atoms with E-state index in [0.717, 1.165) is 12.2 Å². The lowest BCUT2D eigenvalue weighted by Gasteiger charge is -2.30. The lowest BCUT2D eigenvalue weighted by Crippen LogP contribution is -2.48. The zero-order valence-electron chi connectivity index (χ0n) is 16.2. The summed E-state index contributed by atoms with van der Waals surface area (Å²) in [5, 5.41) is 27.7. The number of aromatic nitrogens is 4. The second-order valence-corrected chi connectivity index (χ2v) is 8.21. The summed E-state index contributed by atoms with van der Waals surface area (Å²) in [5.41, 5.74) is 3.10. The average Bonchev–Trinajstić information content (AvgIpc) is 3.48. The average molecular weight is 460 g/mol. The minimum Gasteiger partial charge on any atom is -0.458 e. The molecule has 5 rings (SSSR count). The Morgan fingerprint density at radius 2 is 2.35 bits per heavy atom. The topological polar surface area (TPSA) is 141 Å². The predicted molar refractivity (Wildman–Crippen MR) is 115 cm³/mol. The van der Waals surface area contributed by atoms with Gasteiger partial charge in [-0.2, -0.15) is 10.1 Å². The molecule has 1 amide bonds. The predicted octanol–water partition coefficient (Wildman–Crippen LogP) is 1.53. The fourth-order valence-corrected chi connectivity index (χ4v) is 4.21. The number of nitrogens with one attached hydrogen (secondary N) is 5. The van der Waals surface area contributed by atoms with Gasteiger partial charge in [-0.25, -0.2) is 0 Å². The van der Waals surface area contributed by atoms with Crippen molar-refractivity contribution >= 4 is 39.9 Å². The molecule has 31 heavy (non-hydrogen) atoms. The first kappa shape index (κ1) is 19.7. The maximum Gasteiger partial charge on any atom is 0.257 e. The van der Waals surface area contributed by atoms with Gasteiger partial charge in [0.05, 0.1) is 28.5 Å². The van der Waals surface area contributed by atoms with E-state index < -0.39 is 12.4 Å². The van der Waals surface area contributed by atoms with Crippen LogP contribution < -0.4 is 21.3 Å². The second-order valence-electron chi connectivity index (χ2n) is 6.97. The van der Waals surface area contributed by atoms with Gasteiger partial charge < -0.3 is 15.4 Å². The maximum absolute atomic E-state index is 13.0. The third kappa shape index (κ3) is 3.92. The van der Waals surface area contributed by atoms with Gasteiger partial charge in [-0.3, -0.25) is 20.5 Å². The Morgan fingerprint density at radius 3 is 3.10 bits per heavy atom. The van der Waals surface area contributed by atoms with E-state index in [4.69, 9.17) is 16.3 Å². The van der Waals surface area contributed by atoms with Crippen molar-refractivity contribution in [2.24, 2.45) is 4.99 Å². The number of amides is 1. The summed E-state index contributed by atoms with van der Waals surface area (Å²) in [5.74, 6) is 0.942. The van der Waals surface area contributed by atoms with Gasteiger partial charge in [0.2, 0.25) is 11.1 Å². The molecule has 2 aliphatic heterocycles. The van der Waals surface area contributed by atoms with E-state index in [9.17, 15) is 4.79 Å². The lowest BCUT2D eigenvalue weighted by atomic mass is 9.99. The highest BCUT2D eigenvalue weighted by molar-refractivity contribution is 7.13. The number of nitrogens with zero attached hydrogens (tertiary/aromatic N) is 4. The van der Waals surface area contributed by atoms with Gasteiger partial charge >= 0.3 is 0 Å². The van der Waals surface area contributed by atoms with E-state index >= 15 is 0 Å². The molecule has 13 heteroatoms. The van der Waals surface area contributed by atoms with Crippen molar-refractivity contribution in [3.05, 3.63) is 57.7 Å². The molecular formula is C18H18ClN9O2S. The van der Waals surface area contributed by atoms with Gasteiger partial charge in [-0.1, -0.05) is 35.1 Å². The molecular weight excluding hydrogens is 442 g/mol. The third-order valence-electron chi connectivity index (χ3n) is 4.96. The van der Waals surface area contributed by atoms with Gasteiger partial charge in [0.1, 0.15) is 17.3 Å². The molecule has 0 bridgehead atoms. The van der Waals surface area contributed by atoms with Gasteiger partial charge in [-0.15, -0.1) is 10.2 Å². The van der Waals surface area contributed by atoms with Crippen LogP contribution in [0.3, 0.4) is 0 Å². The number of allylic oxidation sites excluding steroid dienone is 3. The molecule has 1 saturated heterocycles. The lowest BCUT2D eigenvalue weighted by molar-refractivity contribution is -0.113. The summed E-state index contributed by atoms with van der Waals surface area (Å²) >= 11 is 7.54. The SMILES string of the molecule is CC1=C(C(=O)Nc2nncs2)C(c2[nH]ncc2Cl)N/C(=N/C2NC3CC=CC=C3O2)N1. The molecule has 160 valence electrons. The van der Waals surface area contributed by atoms with Crippen LogP contribution >= 0.6 is 22.9 Å². The number of aromatic amines is 1. The molecule has 0 aromatic carbocycles. The molecule has 0 radical (unpaired) electrons. The molecule has 2 aromatic heterocycles. The van der Waals surface area contributed by atoms with Crippen molar-refractivity contribution in [1.82, 2.24) is 36.3 Å². The fourth-order valence-electron chi connectivity index (χ4n) is 3.57. The first-order valence-corrected chi connectivity index (χ1v) is 10.7. The molecule has 1 fully saturated rings. The van der Waals surface area contributed by atoms with Crippen LogP contribution in [0.4, 0.5) is 5.13 Å². The van der Waals surface area contributed by atoms with Crippen LogP contribution in [-0.4, -0.2) is 44.7 Å². The summed E-state index contributed by atoms with van der Waals surface area (Å²) in [7, 11) is 0. The molecule has 0 saturated carbocycles. The minimum absolute atomic E-state index is 0.102. The van der Waals surface area contributed by atoms with Crippen molar-refractivity contribution < 1.29 is 9.53 Å². The highest BCUT2D eigenvalue weighted by Crippen LogP contribution is 2.31. The van der Waals surface area contributed by atoms with Crippen molar-refractivity contribution in [3.63, 3.8) is 0 Å². The molecule has 1 aliphatic carbocycles. The highest BCUT2D eigenvalue weighted by Gasteiger charge is 2.35. The highest BCUT2D eigenvalue weighted by atomic mass is 35.5. The van der Waals surface area contributed by atoms with Crippen LogP contribution in [0.5, 0.6) is 0 Å². The molecule has 2 aromatic rings. The first-order valence-electron chi connectivity index (χ1n) is 9.46. The number of aliphatic imine (C=N–C) groups is 1. The number of anilines is 1. The second kappa shape index (κ2) is 8.13. The Balaban J connectivity index is 1.43. The standard InChI is InChI=1S/C18H18ClN9O2S/c1-8-12(15(29)25-18-28-21-7-31-18)14(13-9(19)6-20-27-13)24-16(22-8)26-17-23-10-4-2-3-5-11(10)30-17/h2-3,5-7,10,14,17,23H,4H2,1H3,(H,20,27)(H2,22,24,26)(H,25,28,29). The molecule has 5 N–H and O–H groups in total. The van der Waals surface area contributed by atoms with Gasteiger partial charge in [0, 0.05) is 5.70 Å². The number of hydrogen-bond acceptors (Lipinski definition) is 8.